The first-order valence-corrected chi connectivity index (χ1v) is 8.09. The van der Waals surface area contributed by atoms with E-state index in [1.807, 2.05) is 0 Å². The first-order chi connectivity index (χ1) is 7.35. The monoisotopic (exact) mass is 267 g/mol. The van der Waals surface area contributed by atoms with E-state index in [0.717, 1.165) is 19.3 Å². The van der Waals surface area contributed by atoms with Gasteiger partial charge in [-0.3, -0.25) is 0 Å². The van der Waals surface area contributed by atoms with Gasteiger partial charge in [0.05, 0.1) is 5.75 Å². The third kappa shape index (κ3) is 5.02. The van der Waals surface area contributed by atoms with Gasteiger partial charge < -0.3 is 0 Å². The zero-order valence-electron chi connectivity index (χ0n) is 10.1. The lowest BCUT2D eigenvalue weighted by atomic mass is 9.75. The van der Waals surface area contributed by atoms with Crippen molar-refractivity contribution in [1.29, 1.82) is 0 Å². The summed E-state index contributed by atoms with van der Waals surface area (Å²) in [5.41, 5.74) is 0.262. The van der Waals surface area contributed by atoms with Gasteiger partial charge >= 0.3 is 0 Å². The zero-order chi connectivity index (χ0) is 12.2. The van der Waals surface area contributed by atoms with Gasteiger partial charge in [0.2, 0.25) is 10.0 Å². The van der Waals surface area contributed by atoms with Crippen LogP contribution in [-0.4, -0.2) is 26.1 Å². The Hall–Kier alpha value is 0.200. The summed E-state index contributed by atoms with van der Waals surface area (Å²) in [5, 5.41) is 0. The molecule has 0 heterocycles. The van der Waals surface area contributed by atoms with Crippen molar-refractivity contribution in [1.82, 2.24) is 4.72 Å². The number of alkyl halides is 1. The number of rotatable bonds is 5. The molecule has 0 bridgehead atoms. The Balaban J connectivity index is 2.47. The van der Waals surface area contributed by atoms with Crippen molar-refractivity contribution in [2.24, 2.45) is 5.41 Å². The maximum atomic E-state index is 11.7. The van der Waals surface area contributed by atoms with Crippen LogP contribution in [0.5, 0.6) is 0 Å². The van der Waals surface area contributed by atoms with E-state index in [1.54, 1.807) is 0 Å². The highest BCUT2D eigenvalue weighted by Gasteiger charge is 2.29. The van der Waals surface area contributed by atoms with Crippen LogP contribution in [0.3, 0.4) is 0 Å². The van der Waals surface area contributed by atoms with Crippen molar-refractivity contribution in [3.63, 3.8) is 0 Å². The van der Waals surface area contributed by atoms with E-state index < -0.39 is 10.0 Å². The molecule has 0 spiro atoms. The van der Waals surface area contributed by atoms with Gasteiger partial charge in [0.1, 0.15) is 0 Å². The highest BCUT2D eigenvalue weighted by Crippen LogP contribution is 2.35. The Kier molecular flexibility index (Phi) is 5.08. The maximum absolute atomic E-state index is 11.7. The minimum Gasteiger partial charge on any atom is -0.212 e. The van der Waals surface area contributed by atoms with Crippen LogP contribution in [0.25, 0.3) is 0 Å². The molecule has 1 unspecified atom stereocenters. The van der Waals surface area contributed by atoms with Gasteiger partial charge in [-0.2, -0.15) is 0 Å². The van der Waals surface area contributed by atoms with Crippen molar-refractivity contribution in [3.8, 4) is 0 Å². The molecule has 96 valence electrons. The summed E-state index contributed by atoms with van der Waals surface area (Å²) in [5.74, 6) is 0.546. The Morgan fingerprint density at radius 3 is 2.69 bits per heavy atom. The number of hydrogen-bond donors (Lipinski definition) is 1. The predicted molar refractivity (Wildman–Crippen MR) is 68.3 cm³/mol. The second kappa shape index (κ2) is 5.69. The van der Waals surface area contributed by atoms with Crippen molar-refractivity contribution >= 4 is 21.6 Å². The molecular formula is C11H22ClNO2S. The SMILES string of the molecule is CC1(C)CCCC(NS(=O)(=O)CCCCl)C1. The lowest BCUT2D eigenvalue weighted by molar-refractivity contribution is 0.212. The first-order valence-electron chi connectivity index (χ1n) is 5.91. The summed E-state index contributed by atoms with van der Waals surface area (Å²) >= 11 is 5.50. The minimum atomic E-state index is -3.13. The van der Waals surface area contributed by atoms with Crippen LogP contribution in [0.15, 0.2) is 0 Å². The molecule has 0 aliphatic heterocycles. The molecule has 0 aromatic rings. The van der Waals surface area contributed by atoms with E-state index in [4.69, 9.17) is 11.6 Å². The van der Waals surface area contributed by atoms with Gasteiger partial charge in [0, 0.05) is 11.9 Å². The van der Waals surface area contributed by atoms with Crippen molar-refractivity contribution < 1.29 is 8.42 Å². The number of hydrogen-bond acceptors (Lipinski definition) is 2. The fraction of sp³-hybridized carbons (Fsp3) is 1.00. The van der Waals surface area contributed by atoms with Gasteiger partial charge in [-0.1, -0.05) is 20.3 Å². The Bertz CT molecular complexity index is 314. The van der Waals surface area contributed by atoms with Gasteiger partial charge in [-0.05, 0) is 31.1 Å². The summed E-state index contributed by atoms with van der Waals surface area (Å²) in [6.45, 7) is 4.40. The number of nitrogens with one attached hydrogen (secondary N) is 1. The molecule has 0 aromatic carbocycles. The second-order valence-electron chi connectivity index (χ2n) is 5.44. The number of halogens is 1. The molecule has 0 radical (unpaired) electrons. The lowest BCUT2D eigenvalue weighted by Gasteiger charge is -2.35. The lowest BCUT2D eigenvalue weighted by Crippen LogP contribution is -2.41. The van der Waals surface area contributed by atoms with Crippen LogP contribution in [0, 0.1) is 5.41 Å². The third-order valence-corrected chi connectivity index (χ3v) is 4.88. The average Bonchev–Trinajstić information content (AvgIpc) is 2.12. The predicted octanol–water partition coefficient (Wildman–Crippen LogP) is 2.50. The van der Waals surface area contributed by atoms with Gasteiger partial charge in [-0.25, -0.2) is 13.1 Å². The van der Waals surface area contributed by atoms with Gasteiger partial charge in [-0.15, -0.1) is 11.6 Å². The molecule has 1 aliphatic carbocycles. The fourth-order valence-corrected chi connectivity index (χ4v) is 4.00. The quantitative estimate of drug-likeness (QED) is 0.778. The van der Waals surface area contributed by atoms with Crippen molar-refractivity contribution in [2.45, 2.75) is 52.0 Å². The normalized spacial score (nSPS) is 25.6. The van der Waals surface area contributed by atoms with Crippen LogP contribution in [0.4, 0.5) is 0 Å². The highest BCUT2D eigenvalue weighted by atomic mass is 35.5. The molecule has 1 aliphatic rings. The Labute approximate surface area is 104 Å². The zero-order valence-corrected chi connectivity index (χ0v) is 11.7. The summed E-state index contributed by atoms with van der Waals surface area (Å²) < 4.78 is 26.2. The molecule has 5 heteroatoms. The molecule has 1 fully saturated rings. The Morgan fingerprint density at radius 1 is 1.44 bits per heavy atom. The second-order valence-corrected chi connectivity index (χ2v) is 7.69. The summed E-state index contributed by atoms with van der Waals surface area (Å²) in [4.78, 5) is 0. The third-order valence-electron chi connectivity index (χ3n) is 3.10. The van der Waals surface area contributed by atoms with E-state index in [0.29, 0.717) is 12.3 Å². The molecular weight excluding hydrogens is 246 g/mol. The molecule has 1 atom stereocenters. The molecule has 1 N–H and O–H groups in total. The van der Waals surface area contributed by atoms with E-state index >= 15 is 0 Å². The summed E-state index contributed by atoms with van der Waals surface area (Å²) in [6, 6.07) is 0.115. The molecule has 0 saturated heterocycles. The van der Waals surface area contributed by atoms with E-state index in [-0.39, 0.29) is 17.2 Å². The first kappa shape index (κ1) is 14.3. The minimum absolute atomic E-state index is 0.115. The maximum Gasteiger partial charge on any atom is 0.211 e. The molecule has 0 amide bonds. The van der Waals surface area contributed by atoms with Crippen LogP contribution in [0.1, 0.15) is 46.0 Å². The summed E-state index contributed by atoms with van der Waals surface area (Å²) in [7, 11) is -3.13. The van der Waals surface area contributed by atoms with Crippen LogP contribution < -0.4 is 4.72 Å². The van der Waals surface area contributed by atoms with Gasteiger partial charge in [0.15, 0.2) is 0 Å². The largest absolute Gasteiger partial charge is 0.212 e. The van der Waals surface area contributed by atoms with Crippen molar-refractivity contribution in [3.05, 3.63) is 0 Å². The molecule has 3 nitrogen and oxygen atoms in total. The Morgan fingerprint density at radius 2 is 2.12 bits per heavy atom. The number of sulfonamides is 1. The smallest absolute Gasteiger partial charge is 0.211 e. The van der Waals surface area contributed by atoms with E-state index in [2.05, 4.69) is 18.6 Å². The molecule has 16 heavy (non-hydrogen) atoms. The van der Waals surface area contributed by atoms with Crippen molar-refractivity contribution in [2.75, 3.05) is 11.6 Å². The molecule has 1 saturated carbocycles. The standard InChI is InChI=1S/C11H22ClNO2S/c1-11(2)6-3-5-10(9-11)13-16(14,15)8-4-7-12/h10,13H,3-9H2,1-2H3. The average molecular weight is 268 g/mol. The van der Waals surface area contributed by atoms with Crippen LogP contribution in [0.2, 0.25) is 0 Å². The fourth-order valence-electron chi connectivity index (χ4n) is 2.36. The van der Waals surface area contributed by atoms with E-state index in [9.17, 15) is 8.42 Å². The summed E-state index contributed by atoms with van der Waals surface area (Å²) in [6.07, 6.45) is 4.71. The van der Waals surface area contributed by atoms with Gasteiger partial charge in [0.25, 0.3) is 0 Å². The molecule has 1 rings (SSSR count). The van der Waals surface area contributed by atoms with Crippen LogP contribution >= 0.6 is 11.6 Å². The topological polar surface area (TPSA) is 46.2 Å². The van der Waals surface area contributed by atoms with E-state index in [1.165, 1.54) is 6.42 Å². The van der Waals surface area contributed by atoms with Crippen LogP contribution in [-0.2, 0) is 10.0 Å². The highest BCUT2D eigenvalue weighted by molar-refractivity contribution is 7.89. The molecule has 0 aromatic heterocycles.